The lowest BCUT2D eigenvalue weighted by atomic mass is 10.1. The smallest absolute Gasteiger partial charge is 0.350 e. The van der Waals surface area contributed by atoms with Gasteiger partial charge in [-0.25, -0.2) is 14.8 Å². The third kappa shape index (κ3) is 4.90. The summed E-state index contributed by atoms with van der Waals surface area (Å²) in [6, 6.07) is 15.1. The number of nitrogens with zero attached hydrogens (tertiary/aromatic N) is 2. The van der Waals surface area contributed by atoms with Crippen molar-refractivity contribution in [1.82, 2.24) is 4.98 Å². The van der Waals surface area contributed by atoms with E-state index >= 15 is 0 Å². The van der Waals surface area contributed by atoms with E-state index in [1.807, 2.05) is 55.5 Å². The molecule has 0 atom stereocenters. The van der Waals surface area contributed by atoms with Crippen LogP contribution in [0.1, 0.15) is 29.2 Å². The molecular formula is C25H24N2O5S. The highest BCUT2D eigenvalue weighted by Crippen LogP contribution is 2.29. The second-order valence-corrected chi connectivity index (χ2v) is 8.04. The molecule has 0 spiro atoms. The Morgan fingerprint density at radius 1 is 1.06 bits per heavy atom. The minimum Gasteiger partial charge on any atom is -0.497 e. The number of thiazole rings is 1. The molecule has 33 heavy (non-hydrogen) atoms. The highest BCUT2D eigenvalue weighted by atomic mass is 32.1. The normalized spacial score (nSPS) is 11.6. The maximum Gasteiger partial charge on any atom is 0.350 e. The molecule has 0 saturated heterocycles. The Morgan fingerprint density at radius 2 is 1.82 bits per heavy atom. The molecule has 0 aliphatic heterocycles. The van der Waals surface area contributed by atoms with Gasteiger partial charge < -0.3 is 18.6 Å². The first-order valence-corrected chi connectivity index (χ1v) is 11.4. The Kier molecular flexibility index (Phi) is 6.74. The van der Waals surface area contributed by atoms with Gasteiger partial charge in [0.2, 0.25) is 5.13 Å². The molecule has 2 aromatic carbocycles. The van der Waals surface area contributed by atoms with Gasteiger partial charge in [-0.05, 0) is 63.2 Å². The van der Waals surface area contributed by atoms with Crippen LogP contribution in [0.3, 0.4) is 0 Å². The maximum atomic E-state index is 12.2. The molecule has 2 heterocycles. The number of hydrogen-bond acceptors (Lipinski definition) is 8. The van der Waals surface area contributed by atoms with E-state index in [0.29, 0.717) is 45.6 Å². The van der Waals surface area contributed by atoms with Gasteiger partial charge in [-0.15, -0.1) is 0 Å². The lowest BCUT2D eigenvalue weighted by Gasteiger charge is -2.08. The Bertz CT molecular complexity index is 1360. The fourth-order valence-electron chi connectivity index (χ4n) is 3.31. The molecule has 2 aromatic heterocycles. The van der Waals surface area contributed by atoms with Gasteiger partial charge in [0, 0.05) is 17.0 Å². The summed E-state index contributed by atoms with van der Waals surface area (Å²) in [7, 11) is 1.63. The van der Waals surface area contributed by atoms with Crippen LogP contribution in [-0.2, 0) is 4.74 Å². The van der Waals surface area contributed by atoms with Crippen molar-refractivity contribution in [2.24, 2.45) is 4.99 Å². The number of methoxy groups -OCH3 is 1. The third-order valence-electron chi connectivity index (χ3n) is 4.86. The zero-order valence-electron chi connectivity index (χ0n) is 18.9. The molecule has 4 rings (SSSR count). The number of ether oxygens (including phenoxy) is 3. The highest BCUT2D eigenvalue weighted by Gasteiger charge is 2.16. The van der Waals surface area contributed by atoms with E-state index in [-0.39, 0.29) is 5.97 Å². The van der Waals surface area contributed by atoms with Crippen LogP contribution in [0, 0.1) is 6.92 Å². The number of esters is 1. The Hall–Kier alpha value is -3.65. The molecule has 0 aliphatic carbocycles. The van der Waals surface area contributed by atoms with Crippen molar-refractivity contribution in [2.45, 2.75) is 20.8 Å². The van der Waals surface area contributed by atoms with Gasteiger partial charge in [-0.3, -0.25) is 0 Å². The molecule has 0 unspecified atom stereocenters. The number of aromatic nitrogens is 1. The largest absolute Gasteiger partial charge is 0.497 e. The Labute approximate surface area is 195 Å². The van der Waals surface area contributed by atoms with Gasteiger partial charge in [-0.2, -0.15) is 0 Å². The second-order valence-electron chi connectivity index (χ2n) is 7.06. The summed E-state index contributed by atoms with van der Waals surface area (Å²) in [5.74, 6) is 1.73. The molecule has 0 amide bonds. The fraction of sp³-hybridized carbons (Fsp3) is 0.240. The average molecular weight is 465 g/mol. The molecule has 0 aliphatic rings. The minimum atomic E-state index is -0.389. The monoisotopic (exact) mass is 464 g/mol. The highest BCUT2D eigenvalue weighted by molar-refractivity contribution is 7.17. The number of fused-ring (bicyclic) bond motifs is 1. The van der Waals surface area contributed by atoms with Gasteiger partial charge in [-0.1, -0.05) is 11.3 Å². The summed E-state index contributed by atoms with van der Waals surface area (Å²) in [4.78, 5) is 21.9. The van der Waals surface area contributed by atoms with Gasteiger partial charge in [0.25, 0.3) is 0 Å². The quantitative estimate of drug-likeness (QED) is 0.327. The van der Waals surface area contributed by atoms with E-state index in [1.54, 1.807) is 21.0 Å². The fourth-order valence-corrected chi connectivity index (χ4v) is 4.16. The molecule has 0 N–H and O–H groups in total. The summed E-state index contributed by atoms with van der Waals surface area (Å²) in [5, 5.41) is 1.90. The minimum absolute atomic E-state index is 0.304. The van der Waals surface area contributed by atoms with E-state index in [0.717, 1.165) is 22.4 Å². The number of carbonyl (C=O) groups is 1. The maximum absolute atomic E-state index is 12.2. The molecule has 0 saturated carbocycles. The van der Waals surface area contributed by atoms with Crippen LogP contribution in [0.25, 0.3) is 22.3 Å². The van der Waals surface area contributed by atoms with Gasteiger partial charge >= 0.3 is 5.97 Å². The van der Waals surface area contributed by atoms with Crippen molar-refractivity contribution >= 4 is 33.4 Å². The first-order chi connectivity index (χ1) is 16.0. The van der Waals surface area contributed by atoms with Crippen LogP contribution in [-0.4, -0.2) is 31.3 Å². The number of carbonyl (C=O) groups excluding carboxylic acids is 1. The third-order valence-corrected chi connectivity index (χ3v) is 5.89. The number of benzene rings is 2. The average Bonchev–Trinajstić information content (AvgIpc) is 3.19. The molecule has 170 valence electrons. The van der Waals surface area contributed by atoms with Crippen LogP contribution in [0.2, 0.25) is 0 Å². The summed E-state index contributed by atoms with van der Waals surface area (Å²) >= 11 is 1.20. The van der Waals surface area contributed by atoms with E-state index in [1.165, 1.54) is 11.3 Å². The topological polar surface area (TPSA) is 83.2 Å². The predicted octanol–water partition coefficient (Wildman–Crippen LogP) is 5.68. The summed E-state index contributed by atoms with van der Waals surface area (Å²) < 4.78 is 22.2. The molecule has 8 heteroatoms. The van der Waals surface area contributed by atoms with Crippen molar-refractivity contribution in [3.63, 3.8) is 0 Å². The molecule has 7 nitrogen and oxygen atoms in total. The molecule has 0 bridgehead atoms. The number of rotatable bonds is 7. The van der Waals surface area contributed by atoms with Crippen molar-refractivity contribution in [1.29, 1.82) is 0 Å². The van der Waals surface area contributed by atoms with Crippen LogP contribution in [0.5, 0.6) is 11.5 Å². The number of hydrogen-bond donors (Lipinski definition) is 0. The molecule has 4 aromatic rings. The number of aryl methyl sites for hydroxylation is 1. The van der Waals surface area contributed by atoms with E-state index < -0.39 is 0 Å². The molecular weight excluding hydrogens is 440 g/mol. The zero-order valence-corrected chi connectivity index (χ0v) is 19.7. The first-order valence-electron chi connectivity index (χ1n) is 10.6. The Morgan fingerprint density at radius 3 is 2.52 bits per heavy atom. The van der Waals surface area contributed by atoms with Gasteiger partial charge in [0.05, 0.1) is 31.4 Å². The van der Waals surface area contributed by atoms with E-state index in [9.17, 15) is 4.79 Å². The van der Waals surface area contributed by atoms with Crippen molar-refractivity contribution in [2.75, 3.05) is 20.3 Å². The summed E-state index contributed by atoms with van der Waals surface area (Å²) in [6.07, 6.45) is 0. The summed E-state index contributed by atoms with van der Waals surface area (Å²) in [6.45, 7) is 6.33. The second kappa shape index (κ2) is 9.87. The van der Waals surface area contributed by atoms with E-state index in [2.05, 4.69) is 4.98 Å². The van der Waals surface area contributed by atoms with Crippen molar-refractivity contribution in [3.8, 4) is 22.8 Å². The predicted molar refractivity (Wildman–Crippen MR) is 127 cm³/mol. The summed E-state index contributed by atoms with van der Waals surface area (Å²) in [5.41, 5.74) is 2.13. The van der Waals surface area contributed by atoms with Crippen molar-refractivity contribution < 1.29 is 23.4 Å². The Balaban J connectivity index is 1.89. The SMILES string of the molecule is CCOC(=O)c1sc(N=c2cc(-c3ccc(OC)cc3)oc3ccc(OCC)cc23)nc1C. The van der Waals surface area contributed by atoms with Crippen molar-refractivity contribution in [3.05, 3.63) is 64.5 Å². The van der Waals surface area contributed by atoms with E-state index in [4.69, 9.17) is 23.6 Å². The zero-order chi connectivity index (χ0) is 23.4. The van der Waals surface area contributed by atoms with Crippen LogP contribution in [0.15, 0.2) is 57.9 Å². The van der Waals surface area contributed by atoms with Gasteiger partial charge in [0.15, 0.2) is 0 Å². The first kappa shape index (κ1) is 22.5. The molecule has 0 fully saturated rings. The standard InChI is InChI=1S/C25H24N2O5S/c1-5-30-18-11-12-21-19(13-18)20(14-22(32-21)16-7-9-17(29-4)10-8-16)27-25-26-15(3)23(33-25)24(28)31-6-2/h7-14H,5-6H2,1-4H3. The molecule has 0 radical (unpaired) electrons. The van der Waals surface area contributed by atoms with Gasteiger partial charge in [0.1, 0.15) is 27.7 Å². The van der Waals surface area contributed by atoms with Crippen LogP contribution < -0.4 is 14.8 Å². The lowest BCUT2D eigenvalue weighted by Crippen LogP contribution is -2.04. The van der Waals surface area contributed by atoms with Crippen LogP contribution >= 0.6 is 11.3 Å². The lowest BCUT2D eigenvalue weighted by molar-refractivity contribution is 0.0531. The van der Waals surface area contributed by atoms with Crippen LogP contribution in [0.4, 0.5) is 5.13 Å².